The van der Waals surface area contributed by atoms with Crippen LogP contribution in [-0.4, -0.2) is 31.4 Å². The number of amides is 1. The number of likely N-dealkylation sites (N-methyl/N-ethyl adjacent to an activating group) is 1. The van der Waals surface area contributed by atoms with Crippen LogP contribution in [0.25, 0.3) is 0 Å². The zero-order valence-electron chi connectivity index (χ0n) is 12.4. The summed E-state index contributed by atoms with van der Waals surface area (Å²) in [5.74, 6) is 0.343. The monoisotopic (exact) mass is 272 g/mol. The molecule has 1 aliphatic rings. The second-order valence-corrected chi connectivity index (χ2v) is 5.62. The van der Waals surface area contributed by atoms with Crippen LogP contribution in [0.15, 0.2) is 42.5 Å². The predicted octanol–water partition coefficient (Wildman–Crippen LogP) is 2.76. The van der Waals surface area contributed by atoms with Gasteiger partial charge in [-0.1, -0.05) is 42.5 Å². The number of nitrogens with one attached hydrogen (secondary N) is 1. The maximum absolute atomic E-state index is 12.2. The highest BCUT2D eigenvalue weighted by atomic mass is 16.1. The molecule has 3 nitrogen and oxygen atoms in total. The van der Waals surface area contributed by atoms with Crippen molar-refractivity contribution in [3.63, 3.8) is 0 Å². The van der Waals surface area contributed by atoms with Crippen LogP contribution in [-0.2, 0) is 4.79 Å². The summed E-state index contributed by atoms with van der Waals surface area (Å²) in [6, 6.07) is 10.5. The first-order chi connectivity index (χ1) is 9.68. The molecule has 0 spiro atoms. The van der Waals surface area contributed by atoms with Crippen molar-refractivity contribution in [1.29, 1.82) is 0 Å². The molecule has 108 valence electrons. The molecular weight excluding hydrogens is 248 g/mol. The van der Waals surface area contributed by atoms with Crippen molar-refractivity contribution in [3.8, 4) is 0 Å². The molecule has 0 aliphatic heterocycles. The maximum Gasteiger partial charge on any atom is 0.223 e. The van der Waals surface area contributed by atoms with Crippen molar-refractivity contribution >= 4 is 5.91 Å². The van der Waals surface area contributed by atoms with Gasteiger partial charge in [-0.2, -0.15) is 0 Å². The Morgan fingerprint density at radius 1 is 1.30 bits per heavy atom. The number of hydrogen-bond acceptors (Lipinski definition) is 2. The Morgan fingerprint density at radius 3 is 2.65 bits per heavy atom. The van der Waals surface area contributed by atoms with Gasteiger partial charge in [-0.05, 0) is 38.9 Å². The van der Waals surface area contributed by atoms with Gasteiger partial charge in [-0.15, -0.1) is 0 Å². The Kier molecular flexibility index (Phi) is 5.36. The Hall–Kier alpha value is -1.61. The van der Waals surface area contributed by atoms with E-state index in [2.05, 4.69) is 34.5 Å². The van der Waals surface area contributed by atoms with Crippen molar-refractivity contribution < 1.29 is 4.79 Å². The van der Waals surface area contributed by atoms with Crippen LogP contribution in [0.5, 0.6) is 0 Å². The molecule has 0 heterocycles. The van der Waals surface area contributed by atoms with Gasteiger partial charge < -0.3 is 10.2 Å². The Labute approximate surface area is 121 Å². The number of allylic oxidation sites excluding steroid dienone is 2. The summed E-state index contributed by atoms with van der Waals surface area (Å²) in [5.41, 5.74) is 1.24. The second kappa shape index (κ2) is 7.25. The zero-order chi connectivity index (χ0) is 14.4. The van der Waals surface area contributed by atoms with Crippen LogP contribution in [0.3, 0.4) is 0 Å². The molecule has 1 aromatic rings. The molecular formula is C17H24N2O. The van der Waals surface area contributed by atoms with Crippen molar-refractivity contribution in [2.75, 3.05) is 20.6 Å². The standard InChI is InChI=1S/C17H24N2O/c1-19(2)16(14-9-5-3-6-10-14)13-18-17(20)15-11-7-4-8-12-15/h3-7,9-10,15-16H,8,11-13H2,1-2H3,(H,18,20)/t15-,16-/m1/s1. The van der Waals surface area contributed by atoms with E-state index >= 15 is 0 Å². The maximum atomic E-state index is 12.2. The third-order valence-electron chi connectivity index (χ3n) is 3.92. The Morgan fingerprint density at radius 2 is 2.05 bits per heavy atom. The molecule has 20 heavy (non-hydrogen) atoms. The lowest BCUT2D eigenvalue weighted by Gasteiger charge is -2.26. The Bertz CT molecular complexity index is 453. The van der Waals surface area contributed by atoms with Gasteiger partial charge in [0.05, 0.1) is 6.04 Å². The van der Waals surface area contributed by atoms with Gasteiger partial charge in [0.2, 0.25) is 5.91 Å². The summed E-state index contributed by atoms with van der Waals surface area (Å²) in [5, 5.41) is 3.12. The average molecular weight is 272 g/mol. The summed E-state index contributed by atoms with van der Waals surface area (Å²) >= 11 is 0. The number of carbonyl (C=O) groups is 1. The van der Waals surface area contributed by atoms with Gasteiger partial charge in [-0.3, -0.25) is 4.79 Å². The van der Waals surface area contributed by atoms with Gasteiger partial charge in [0.1, 0.15) is 0 Å². The summed E-state index contributed by atoms with van der Waals surface area (Å²) in [4.78, 5) is 14.3. The summed E-state index contributed by atoms with van der Waals surface area (Å²) < 4.78 is 0. The highest BCUT2D eigenvalue weighted by molar-refractivity contribution is 5.79. The minimum Gasteiger partial charge on any atom is -0.354 e. The molecule has 1 aliphatic carbocycles. The van der Waals surface area contributed by atoms with Crippen LogP contribution in [0.2, 0.25) is 0 Å². The van der Waals surface area contributed by atoms with Gasteiger partial charge in [0.15, 0.2) is 0 Å². The molecule has 0 unspecified atom stereocenters. The lowest BCUT2D eigenvalue weighted by molar-refractivity contribution is -0.125. The SMILES string of the molecule is CN(C)[C@H](CNC(=O)[C@@H]1CC=CCC1)c1ccccc1. The van der Waals surface area contributed by atoms with Crippen LogP contribution in [0, 0.1) is 5.92 Å². The lowest BCUT2D eigenvalue weighted by atomic mass is 9.93. The first-order valence-corrected chi connectivity index (χ1v) is 7.32. The molecule has 1 aromatic carbocycles. The van der Waals surface area contributed by atoms with Gasteiger partial charge in [0, 0.05) is 12.5 Å². The van der Waals surface area contributed by atoms with E-state index in [1.165, 1.54) is 5.56 Å². The first kappa shape index (κ1) is 14.8. The average Bonchev–Trinajstić information content (AvgIpc) is 2.49. The van der Waals surface area contributed by atoms with Gasteiger partial charge in [0.25, 0.3) is 0 Å². The van der Waals surface area contributed by atoms with Crippen LogP contribution >= 0.6 is 0 Å². The fourth-order valence-electron chi connectivity index (χ4n) is 2.65. The van der Waals surface area contributed by atoms with E-state index in [-0.39, 0.29) is 17.9 Å². The predicted molar refractivity (Wildman–Crippen MR) is 82.4 cm³/mol. The lowest BCUT2D eigenvalue weighted by Crippen LogP contribution is -2.38. The van der Waals surface area contributed by atoms with E-state index < -0.39 is 0 Å². The van der Waals surface area contributed by atoms with E-state index in [1.54, 1.807) is 0 Å². The van der Waals surface area contributed by atoms with Gasteiger partial charge >= 0.3 is 0 Å². The number of rotatable bonds is 5. The summed E-state index contributed by atoms with van der Waals surface area (Å²) in [6.45, 7) is 0.663. The summed E-state index contributed by atoms with van der Waals surface area (Å²) in [6.07, 6.45) is 7.16. The Balaban J connectivity index is 1.92. The molecule has 0 fully saturated rings. The van der Waals surface area contributed by atoms with E-state index in [0.29, 0.717) is 6.54 Å². The van der Waals surface area contributed by atoms with Crippen molar-refractivity contribution in [2.24, 2.45) is 5.92 Å². The highest BCUT2D eigenvalue weighted by Crippen LogP contribution is 2.20. The zero-order valence-corrected chi connectivity index (χ0v) is 12.4. The number of carbonyl (C=O) groups excluding carboxylic acids is 1. The van der Waals surface area contributed by atoms with Crippen molar-refractivity contribution in [3.05, 3.63) is 48.0 Å². The molecule has 3 heteroatoms. The van der Waals surface area contributed by atoms with Crippen molar-refractivity contribution in [2.45, 2.75) is 25.3 Å². The largest absolute Gasteiger partial charge is 0.354 e. The van der Waals surface area contributed by atoms with Crippen LogP contribution < -0.4 is 5.32 Å². The number of nitrogens with zero attached hydrogens (tertiary/aromatic N) is 1. The summed E-state index contributed by atoms with van der Waals surface area (Å²) in [7, 11) is 4.10. The first-order valence-electron chi connectivity index (χ1n) is 7.32. The smallest absolute Gasteiger partial charge is 0.223 e. The van der Waals surface area contributed by atoms with E-state index in [1.807, 2.05) is 32.3 Å². The third kappa shape index (κ3) is 3.94. The number of benzene rings is 1. The third-order valence-corrected chi connectivity index (χ3v) is 3.92. The molecule has 1 amide bonds. The van der Waals surface area contributed by atoms with E-state index in [0.717, 1.165) is 19.3 Å². The molecule has 0 saturated carbocycles. The van der Waals surface area contributed by atoms with E-state index in [9.17, 15) is 4.79 Å². The quantitative estimate of drug-likeness (QED) is 0.836. The minimum absolute atomic E-state index is 0.151. The highest BCUT2D eigenvalue weighted by Gasteiger charge is 2.20. The fraction of sp³-hybridized carbons (Fsp3) is 0.471. The molecule has 2 rings (SSSR count). The fourth-order valence-corrected chi connectivity index (χ4v) is 2.65. The molecule has 0 aromatic heterocycles. The molecule has 0 saturated heterocycles. The molecule has 0 bridgehead atoms. The van der Waals surface area contributed by atoms with Crippen molar-refractivity contribution in [1.82, 2.24) is 10.2 Å². The van der Waals surface area contributed by atoms with Gasteiger partial charge in [-0.25, -0.2) is 0 Å². The second-order valence-electron chi connectivity index (χ2n) is 5.62. The van der Waals surface area contributed by atoms with Crippen LogP contribution in [0.1, 0.15) is 30.9 Å². The topological polar surface area (TPSA) is 32.3 Å². The normalized spacial score (nSPS) is 19.9. The molecule has 1 N–H and O–H groups in total. The van der Waals surface area contributed by atoms with E-state index in [4.69, 9.17) is 0 Å². The van der Waals surface area contributed by atoms with Crippen LogP contribution in [0.4, 0.5) is 0 Å². The minimum atomic E-state index is 0.151. The number of hydrogen-bond donors (Lipinski definition) is 1. The molecule has 0 radical (unpaired) electrons. The molecule has 2 atom stereocenters.